The van der Waals surface area contributed by atoms with Crippen LogP contribution in [-0.4, -0.2) is 24.8 Å². The van der Waals surface area contributed by atoms with Crippen molar-refractivity contribution in [3.8, 4) is 0 Å². The third kappa shape index (κ3) is 11.8. The van der Waals surface area contributed by atoms with Gasteiger partial charge >= 0.3 is 5.97 Å². The van der Waals surface area contributed by atoms with Gasteiger partial charge in [0.2, 0.25) is 0 Å². The summed E-state index contributed by atoms with van der Waals surface area (Å²) in [5, 5.41) is 0. The smallest absolute Gasteiger partial charge is 0.317 e. The molecule has 0 aromatic carbocycles. The molecule has 0 radical (unpaired) electrons. The molecule has 0 spiro atoms. The Balaban J connectivity index is 2.63. The number of nitrogens with zero attached hydrogens (tertiary/aromatic N) is 1. The number of ether oxygens (including phenoxy) is 1. The first kappa shape index (κ1) is 29.2. The molecule has 1 rings (SSSR count). The molecule has 0 amide bonds. The molecular formula is C29H55NO2. The second-order valence-electron chi connectivity index (χ2n) is 10.0. The highest BCUT2D eigenvalue weighted by molar-refractivity contribution is 6.07. The molecule has 0 N–H and O–H groups in total. The zero-order valence-electron chi connectivity index (χ0n) is 22.0. The van der Waals surface area contributed by atoms with Gasteiger partial charge in [-0.1, -0.05) is 117 Å². The molecule has 0 fully saturated rings. The zero-order valence-corrected chi connectivity index (χ0v) is 22.0. The van der Waals surface area contributed by atoms with Crippen LogP contribution in [0.1, 0.15) is 156 Å². The fourth-order valence-electron chi connectivity index (χ4n) is 5.21. The molecule has 1 heterocycles. The lowest BCUT2D eigenvalue weighted by Crippen LogP contribution is -2.42. The van der Waals surface area contributed by atoms with E-state index in [9.17, 15) is 4.79 Å². The van der Waals surface area contributed by atoms with Gasteiger partial charge in [-0.25, -0.2) is 0 Å². The second-order valence-corrected chi connectivity index (χ2v) is 10.0. The predicted octanol–water partition coefficient (Wildman–Crippen LogP) is 9.22. The number of hydrogen-bond acceptors (Lipinski definition) is 3. The lowest BCUT2D eigenvalue weighted by molar-refractivity contribution is -0.152. The van der Waals surface area contributed by atoms with E-state index in [1.165, 1.54) is 102 Å². The molecule has 1 aliphatic rings. The van der Waals surface area contributed by atoms with Crippen LogP contribution in [0.2, 0.25) is 0 Å². The van der Waals surface area contributed by atoms with Crippen molar-refractivity contribution in [1.82, 2.24) is 0 Å². The van der Waals surface area contributed by atoms with Crippen LogP contribution in [0.3, 0.4) is 0 Å². The maximum Gasteiger partial charge on any atom is 0.317 e. The molecule has 32 heavy (non-hydrogen) atoms. The Morgan fingerprint density at radius 3 is 1.59 bits per heavy atom. The largest absolute Gasteiger partial charge is 0.465 e. The number of rotatable bonds is 21. The Bertz CT molecular complexity index is 466. The molecular weight excluding hydrogens is 394 g/mol. The average molecular weight is 450 g/mol. The van der Waals surface area contributed by atoms with Crippen LogP contribution in [0.4, 0.5) is 0 Å². The molecule has 0 unspecified atom stereocenters. The van der Waals surface area contributed by atoms with Crippen molar-refractivity contribution in [2.45, 2.75) is 156 Å². The standard InChI is InChI=1S/C29H55NO2/c1-4-7-9-11-13-15-17-20-24-29(28(31)32-6-3,27-23-19-22-26-30-27)25-21-18-16-14-12-10-8-5-2/h4-26H2,1-3H3. The maximum absolute atomic E-state index is 13.3. The van der Waals surface area contributed by atoms with E-state index in [2.05, 4.69) is 13.8 Å². The summed E-state index contributed by atoms with van der Waals surface area (Å²) in [7, 11) is 0. The summed E-state index contributed by atoms with van der Waals surface area (Å²) in [6, 6.07) is 0. The van der Waals surface area contributed by atoms with Gasteiger partial charge in [0.1, 0.15) is 5.41 Å². The Morgan fingerprint density at radius 2 is 1.19 bits per heavy atom. The van der Waals surface area contributed by atoms with Crippen LogP contribution in [0.15, 0.2) is 4.99 Å². The normalized spacial score (nSPS) is 14.4. The van der Waals surface area contributed by atoms with Gasteiger partial charge in [-0.2, -0.15) is 0 Å². The van der Waals surface area contributed by atoms with Gasteiger partial charge in [0, 0.05) is 12.3 Å². The minimum absolute atomic E-state index is 0.0199. The van der Waals surface area contributed by atoms with Crippen molar-refractivity contribution in [1.29, 1.82) is 0 Å². The summed E-state index contributed by atoms with van der Waals surface area (Å²) in [4.78, 5) is 18.3. The van der Waals surface area contributed by atoms with Crippen molar-refractivity contribution in [3.05, 3.63) is 0 Å². The molecule has 0 bridgehead atoms. The average Bonchev–Trinajstić information content (AvgIpc) is 2.82. The SMILES string of the molecule is CCCCCCCCCCC(CCCCCCCCCC)(C(=O)OCC)C1=NCCCC1. The minimum Gasteiger partial charge on any atom is -0.465 e. The molecule has 0 saturated heterocycles. The van der Waals surface area contributed by atoms with Crippen molar-refractivity contribution in [3.63, 3.8) is 0 Å². The minimum atomic E-state index is -0.444. The lowest BCUT2D eigenvalue weighted by atomic mass is 9.71. The summed E-state index contributed by atoms with van der Waals surface area (Å²) in [6.07, 6.45) is 26.0. The second kappa shape index (κ2) is 19.6. The van der Waals surface area contributed by atoms with Crippen molar-refractivity contribution in [2.75, 3.05) is 13.2 Å². The van der Waals surface area contributed by atoms with Crippen LogP contribution in [-0.2, 0) is 9.53 Å². The molecule has 3 nitrogen and oxygen atoms in total. The predicted molar refractivity (Wildman–Crippen MR) is 140 cm³/mol. The third-order valence-corrected chi connectivity index (χ3v) is 7.26. The first-order valence-electron chi connectivity index (χ1n) is 14.4. The molecule has 0 aliphatic carbocycles. The van der Waals surface area contributed by atoms with Gasteiger partial charge in [-0.05, 0) is 39.0 Å². The summed E-state index contributed by atoms with van der Waals surface area (Å²) in [5.74, 6) is 0.0199. The van der Waals surface area contributed by atoms with Crippen LogP contribution < -0.4 is 0 Å². The van der Waals surface area contributed by atoms with E-state index in [0.29, 0.717) is 6.61 Å². The Kier molecular flexibility index (Phi) is 17.9. The first-order chi connectivity index (χ1) is 15.7. The van der Waals surface area contributed by atoms with Gasteiger partial charge in [0.25, 0.3) is 0 Å². The molecule has 0 aromatic rings. The van der Waals surface area contributed by atoms with E-state index in [1.54, 1.807) is 0 Å². The van der Waals surface area contributed by atoms with Crippen molar-refractivity contribution in [2.24, 2.45) is 10.4 Å². The number of carbonyl (C=O) groups excluding carboxylic acids is 1. The highest BCUT2D eigenvalue weighted by Crippen LogP contribution is 2.38. The number of carbonyl (C=O) groups is 1. The highest BCUT2D eigenvalue weighted by atomic mass is 16.5. The molecule has 0 aromatic heterocycles. The Morgan fingerprint density at radius 1 is 0.719 bits per heavy atom. The number of unbranched alkanes of at least 4 members (excludes halogenated alkanes) is 14. The van der Waals surface area contributed by atoms with E-state index in [4.69, 9.17) is 9.73 Å². The zero-order chi connectivity index (χ0) is 23.3. The van der Waals surface area contributed by atoms with E-state index < -0.39 is 5.41 Å². The molecule has 3 heteroatoms. The van der Waals surface area contributed by atoms with Crippen LogP contribution in [0.5, 0.6) is 0 Å². The van der Waals surface area contributed by atoms with Gasteiger partial charge in [0.05, 0.1) is 6.61 Å². The van der Waals surface area contributed by atoms with Gasteiger partial charge in [0.15, 0.2) is 0 Å². The van der Waals surface area contributed by atoms with Crippen molar-refractivity contribution < 1.29 is 9.53 Å². The van der Waals surface area contributed by atoms with Gasteiger partial charge in [-0.15, -0.1) is 0 Å². The lowest BCUT2D eigenvalue weighted by Gasteiger charge is -2.35. The Hall–Kier alpha value is -0.860. The number of esters is 1. The maximum atomic E-state index is 13.3. The Labute approximate surface area is 200 Å². The number of hydrogen-bond donors (Lipinski definition) is 0. The molecule has 1 aliphatic heterocycles. The highest BCUT2D eigenvalue weighted by Gasteiger charge is 2.43. The van der Waals surface area contributed by atoms with Gasteiger partial charge < -0.3 is 4.74 Å². The summed E-state index contributed by atoms with van der Waals surface area (Å²) in [6.45, 7) is 7.86. The summed E-state index contributed by atoms with van der Waals surface area (Å²) >= 11 is 0. The fraction of sp³-hybridized carbons (Fsp3) is 0.931. The van der Waals surface area contributed by atoms with Crippen LogP contribution in [0.25, 0.3) is 0 Å². The molecule has 0 saturated carbocycles. The van der Waals surface area contributed by atoms with E-state index in [1.807, 2.05) is 6.92 Å². The van der Waals surface area contributed by atoms with Crippen LogP contribution in [0, 0.1) is 5.41 Å². The fourth-order valence-corrected chi connectivity index (χ4v) is 5.21. The number of aliphatic imine (C=N–C) groups is 1. The molecule has 0 atom stereocenters. The van der Waals surface area contributed by atoms with Crippen molar-refractivity contribution >= 4 is 11.7 Å². The van der Waals surface area contributed by atoms with E-state index >= 15 is 0 Å². The van der Waals surface area contributed by atoms with E-state index in [-0.39, 0.29) is 5.97 Å². The quantitative estimate of drug-likeness (QED) is 0.129. The van der Waals surface area contributed by atoms with Crippen LogP contribution >= 0.6 is 0 Å². The topological polar surface area (TPSA) is 38.7 Å². The molecule has 188 valence electrons. The van der Waals surface area contributed by atoms with E-state index in [0.717, 1.165) is 45.1 Å². The monoisotopic (exact) mass is 449 g/mol. The third-order valence-electron chi connectivity index (χ3n) is 7.26. The summed E-state index contributed by atoms with van der Waals surface area (Å²) < 4.78 is 5.69. The first-order valence-corrected chi connectivity index (χ1v) is 14.4. The summed E-state index contributed by atoms with van der Waals surface area (Å²) in [5.41, 5.74) is 0.731. The van der Waals surface area contributed by atoms with Gasteiger partial charge in [-0.3, -0.25) is 9.79 Å².